The normalized spacial score (nSPS) is 12.3. The molecule has 6 nitrogen and oxygen atoms in total. The Labute approximate surface area is 428 Å². The first-order chi connectivity index (χ1) is 34.0. The molecule has 0 radical (unpaired) electrons. The van der Waals surface area contributed by atoms with Gasteiger partial charge in [0.25, 0.3) is 0 Å². The van der Waals surface area contributed by atoms with Crippen molar-refractivity contribution in [3.05, 3.63) is 48.6 Å². The van der Waals surface area contributed by atoms with Crippen LogP contribution in [0.15, 0.2) is 48.6 Å². The summed E-state index contributed by atoms with van der Waals surface area (Å²) >= 11 is 0. The fraction of sp³-hybridized carbons (Fsp3) is 0.825. The predicted molar refractivity (Wildman–Crippen MR) is 298 cm³/mol. The summed E-state index contributed by atoms with van der Waals surface area (Å²) in [5, 5.41) is 0. The third kappa shape index (κ3) is 56.2. The Morgan fingerprint density at radius 1 is 0.290 bits per heavy atom. The van der Waals surface area contributed by atoms with Gasteiger partial charge >= 0.3 is 17.9 Å². The molecule has 1 atom stereocenters. The molecule has 0 spiro atoms. The Morgan fingerprint density at radius 3 is 0.884 bits per heavy atom. The maximum absolute atomic E-state index is 12.9. The van der Waals surface area contributed by atoms with E-state index in [9.17, 15) is 14.4 Å². The van der Waals surface area contributed by atoms with Gasteiger partial charge in [-0.1, -0.05) is 268 Å². The van der Waals surface area contributed by atoms with E-state index in [1.807, 2.05) is 0 Å². The van der Waals surface area contributed by atoms with E-state index in [1.165, 1.54) is 212 Å². The van der Waals surface area contributed by atoms with Crippen LogP contribution in [0.3, 0.4) is 0 Å². The maximum atomic E-state index is 12.9. The SMILES string of the molecule is CCCCCCCC/C=C\C/C=C\C/C=C\CCCC(=O)OC[C@@H](COC(=O)CCCCCCCCCCC/C=C\CCCCCCCC)OC(=O)CCCCCCCCCCCCCCCCC. The third-order valence-electron chi connectivity index (χ3n) is 13.3. The minimum absolute atomic E-state index is 0.0865. The summed E-state index contributed by atoms with van der Waals surface area (Å²) in [6.07, 6.45) is 71.1. The molecule has 0 aliphatic rings. The Morgan fingerprint density at radius 2 is 0.536 bits per heavy atom. The number of carbonyl (C=O) groups is 3. The summed E-state index contributed by atoms with van der Waals surface area (Å²) in [5.41, 5.74) is 0. The molecule has 0 rings (SSSR count). The minimum Gasteiger partial charge on any atom is -0.462 e. The first kappa shape index (κ1) is 66.4. The van der Waals surface area contributed by atoms with Crippen LogP contribution >= 0.6 is 0 Å². The van der Waals surface area contributed by atoms with Crippen molar-refractivity contribution in [1.82, 2.24) is 0 Å². The lowest BCUT2D eigenvalue weighted by atomic mass is 10.0. The van der Waals surface area contributed by atoms with Crippen molar-refractivity contribution in [3.63, 3.8) is 0 Å². The van der Waals surface area contributed by atoms with Gasteiger partial charge in [-0.25, -0.2) is 0 Å². The molecule has 0 aliphatic heterocycles. The summed E-state index contributed by atoms with van der Waals surface area (Å²) in [6, 6.07) is 0. The van der Waals surface area contributed by atoms with Crippen molar-refractivity contribution in [3.8, 4) is 0 Å². The molecule has 0 bridgehead atoms. The van der Waals surface area contributed by atoms with Crippen LogP contribution < -0.4 is 0 Å². The highest BCUT2D eigenvalue weighted by molar-refractivity contribution is 5.71. The Hall–Kier alpha value is -2.63. The van der Waals surface area contributed by atoms with Gasteiger partial charge in [-0.05, 0) is 77.0 Å². The van der Waals surface area contributed by atoms with Gasteiger partial charge in [-0.15, -0.1) is 0 Å². The van der Waals surface area contributed by atoms with Crippen LogP contribution in [0.25, 0.3) is 0 Å². The molecule has 6 heteroatoms. The second-order valence-corrected chi connectivity index (χ2v) is 20.3. The highest BCUT2D eigenvalue weighted by Crippen LogP contribution is 2.16. The van der Waals surface area contributed by atoms with Crippen molar-refractivity contribution in [2.45, 2.75) is 322 Å². The van der Waals surface area contributed by atoms with Crippen LogP contribution in [0.4, 0.5) is 0 Å². The van der Waals surface area contributed by atoms with Gasteiger partial charge in [0.15, 0.2) is 6.10 Å². The molecular weight excluding hydrogens is 853 g/mol. The fourth-order valence-corrected chi connectivity index (χ4v) is 8.75. The first-order valence-electron chi connectivity index (χ1n) is 30.1. The number of hydrogen-bond donors (Lipinski definition) is 0. The van der Waals surface area contributed by atoms with E-state index in [4.69, 9.17) is 14.2 Å². The number of hydrogen-bond acceptors (Lipinski definition) is 6. The molecule has 0 aromatic rings. The fourth-order valence-electron chi connectivity index (χ4n) is 8.75. The van der Waals surface area contributed by atoms with Gasteiger partial charge in [0.2, 0.25) is 0 Å². The van der Waals surface area contributed by atoms with Crippen molar-refractivity contribution in [1.29, 1.82) is 0 Å². The highest BCUT2D eigenvalue weighted by atomic mass is 16.6. The lowest BCUT2D eigenvalue weighted by Gasteiger charge is -2.18. The zero-order valence-electron chi connectivity index (χ0n) is 46.1. The quantitative estimate of drug-likeness (QED) is 0.0262. The summed E-state index contributed by atoms with van der Waals surface area (Å²) in [4.78, 5) is 38.2. The number of allylic oxidation sites excluding steroid dienone is 8. The topological polar surface area (TPSA) is 78.9 Å². The van der Waals surface area contributed by atoms with E-state index in [0.717, 1.165) is 57.8 Å². The van der Waals surface area contributed by atoms with Crippen molar-refractivity contribution in [2.24, 2.45) is 0 Å². The monoisotopic (exact) mass is 967 g/mol. The third-order valence-corrected chi connectivity index (χ3v) is 13.3. The smallest absolute Gasteiger partial charge is 0.306 e. The minimum atomic E-state index is -0.792. The standard InChI is InChI=1S/C63H114O6/c1-4-7-10-13-16-19-22-25-28-30-31-33-36-38-41-44-47-50-53-56-62(65)68-59-60(69-63(66)57-54-51-48-45-42-39-34-27-24-21-18-15-12-9-6-3)58-67-61(64)55-52-49-46-43-40-37-35-32-29-26-23-20-17-14-11-8-5-2/h25-26,28-29,35,37,43,46,60H,4-24,27,30-34,36,38-42,44-45,47-59H2,1-3H3/b28-25-,29-26-,37-35-,46-43-/t60-/m0/s1. The molecule has 0 unspecified atom stereocenters. The second kappa shape index (κ2) is 57.9. The van der Waals surface area contributed by atoms with Crippen molar-refractivity contribution >= 4 is 17.9 Å². The second-order valence-electron chi connectivity index (χ2n) is 20.3. The summed E-state index contributed by atoms with van der Waals surface area (Å²) in [7, 11) is 0. The number of rotatable bonds is 55. The molecule has 0 aromatic carbocycles. The summed E-state index contributed by atoms with van der Waals surface area (Å²) in [6.45, 7) is 6.63. The van der Waals surface area contributed by atoms with Gasteiger partial charge in [-0.3, -0.25) is 14.4 Å². The van der Waals surface area contributed by atoms with Gasteiger partial charge in [0, 0.05) is 19.3 Å². The molecule has 0 heterocycles. The Kier molecular flexibility index (Phi) is 55.7. The molecule has 0 aromatic heterocycles. The number of ether oxygens (including phenoxy) is 3. The molecule has 0 N–H and O–H groups in total. The summed E-state index contributed by atoms with van der Waals surface area (Å²) < 4.78 is 16.9. The molecule has 0 aliphatic carbocycles. The zero-order valence-corrected chi connectivity index (χ0v) is 46.1. The maximum Gasteiger partial charge on any atom is 0.306 e. The lowest BCUT2D eigenvalue weighted by Crippen LogP contribution is -2.30. The molecule has 0 saturated carbocycles. The average molecular weight is 968 g/mol. The molecular formula is C63H114O6. The molecule has 402 valence electrons. The molecule has 0 saturated heterocycles. The van der Waals surface area contributed by atoms with E-state index in [0.29, 0.717) is 25.7 Å². The zero-order chi connectivity index (χ0) is 50.0. The summed E-state index contributed by atoms with van der Waals surface area (Å²) in [5.74, 6) is -0.926. The van der Waals surface area contributed by atoms with Gasteiger partial charge in [-0.2, -0.15) is 0 Å². The Bertz CT molecular complexity index is 1200. The van der Waals surface area contributed by atoms with Crippen LogP contribution in [-0.2, 0) is 28.6 Å². The van der Waals surface area contributed by atoms with Crippen LogP contribution in [0.5, 0.6) is 0 Å². The van der Waals surface area contributed by atoms with Gasteiger partial charge in [0.1, 0.15) is 13.2 Å². The predicted octanol–water partition coefficient (Wildman–Crippen LogP) is 20.2. The lowest BCUT2D eigenvalue weighted by molar-refractivity contribution is -0.167. The van der Waals surface area contributed by atoms with E-state index in [1.54, 1.807) is 0 Å². The molecule has 69 heavy (non-hydrogen) atoms. The van der Waals surface area contributed by atoms with E-state index < -0.39 is 6.10 Å². The van der Waals surface area contributed by atoms with Crippen LogP contribution in [0.2, 0.25) is 0 Å². The van der Waals surface area contributed by atoms with Gasteiger partial charge in [0.05, 0.1) is 0 Å². The Balaban J connectivity index is 4.40. The largest absolute Gasteiger partial charge is 0.462 e. The highest BCUT2D eigenvalue weighted by Gasteiger charge is 2.19. The van der Waals surface area contributed by atoms with Crippen LogP contribution in [0.1, 0.15) is 316 Å². The van der Waals surface area contributed by atoms with Crippen LogP contribution in [0, 0.1) is 0 Å². The van der Waals surface area contributed by atoms with E-state index in [-0.39, 0.29) is 31.1 Å². The van der Waals surface area contributed by atoms with E-state index in [2.05, 4.69) is 69.4 Å². The van der Waals surface area contributed by atoms with Crippen LogP contribution in [-0.4, -0.2) is 37.2 Å². The van der Waals surface area contributed by atoms with Crippen molar-refractivity contribution in [2.75, 3.05) is 13.2 Å². The number of unbranched alkanes of at least 4 members (excludes halogenated alkanes) is 36. The average Bonchev–Trinajstić information content (AvgIpc) is 3.35. The number of esters is 3. The number of carbonyl (C=O) groups excluding carboxylic acids is 3. The molecule has 0 amide bonds. The first-order valence-corrected chi connectivity index (χ1v) is 30.1. The van der Waals surface area contributed by atoms with Crippen molar-refractivity contribution < 1.29 is 28.6 Å². The van der Waals surface area contributed by atoms with Gasteiger partial charge < -0.3 is 14.2 Å². The molecule has 0 fully saturated rings. The van der Waals surface area contributed by atoms with E-state index >= 15 is 0 Å².